The van der Waals surface area contributed by atoms with E-state index >= 15 is 0 Å². The molecule has 1 amide bonds. The maximum atomic E-state index is 11.3. The number of amides is 1. The predicted molar refractivity (Wildman–Crippen MR) is 59.7 cm³/mol. The lowest BCUT2D eigenvalue weighted by molar-refractivity contribution is -0.119. The second-order valence-electron chi connectivity index (χ2n) is 3.87. The molecule has 1 atom stereocenters. The first-order valence-electron chi connectivity index (χ1n) is 5.09. The number of rotatable bonds is 6. The molecule has 0 heterocycles. The number of hydrogen-bond acceptors (Lipinski definition) is 4. The molecule has 0 saturated carbocycles. The van der Waals surface area contributed by atoms with E-state index in [1.165, 1.54) is 13.8 Å². The van der Waals surface area contributed by atoms with Gasteiger partial charge in [-0.25, -0.2) is 8.42 Å². The predicted octanol–water partition coefficient (Wildman–Crippen LogP) is 0.358. The number of hydrogen-bond donors (Lipinski definition) is 2. The molecule has 0 bridgehead atoms. The Morgan fingerprint density at radius 3 is 2.33 bits per heavy atom. The number of nitrogens with one attached hydrogen (secondary N) is 1. The molecule has 0 aromatic rings. The molecule has 0 spiro atoms. The minimum absolute atomic E-state index is 0.0553. The molecule has 15 heavy (non-hydrogen) atoms. The molecule has 0 aliphatic heterocycles. The standard InChI is InChI=1S/C9H20N2O3S/c1-4-5-8(10)6-9(12)11-15(13,14)7(2)3/h7-8H,4-6,10H2,1-3H3,(H,11,12). The Morgan fingerprint density at radius 1 is 1.40 bits per heavy atom. The van der Waals surface area contributed by atoms with E-state index in [4.69, 9.17) is 5.73 Å². The maximum absolute atomic E-state index is 11.3. The van der Waals surface area contributed by atoms with Crippen molar-refractivity contribution in [3.8, 4) is 0 Å². The molecule has 5 nitrogen and oxygen atoms in total. The van der Waals surface area contributed by atoms with Crippen LogP contribution in [0.1, 0.15) is 40.0 Å². The third-order valence-electron chi connectivity index (χ3n) is 1.98. The van der Waals surface area contributed by atoms with Crippen molar-refractivity contribution in [3.63, 3.8) is 0 Å². The lowest BCUT2D eigenvalue weighted by atomic mass is 10.1. The third kappa shape index (κ3) is 5.74. The summed E-state index contributed by atoms with van der Waals surface area (Å²) in [5.41, 5.74) is 5.62. The van der Waals surface area contributed by atoms with Gasteiger partial charge in [0.15, 0.2) is 0 Å². The van der Waals surface area contributed by atoms with Crippen LogP contribution in [0.3, 0.4) is 0 Å². The summed E-state index contributed by atoms with van der Waals surface area (Å²) < 4.78 is 24.6. The summed E-state index contributed by atoms with van der Waals surface area (Å²) in [6.45, 7) is 4.99. The molecular formula is C9H20N2O3S. The molecule has 0 radical (unpaired) electrons. The number of carbonyl (C=O) groups is 1. The van der Waals surface area contributed by atoms with Gasteiger partial charge in [-0.1, -0.05) is 13.3 Å². The summed E-state index contributed by atoms with van der Waals surface area (Å²) in [6.07, 6.45) is 1.65. The van der Waals surface area contributed by atoms with Gasteiger partial charge in [-0.2, -0.15) is 0 Å². The lowest BCUT2D eigenvalue weighted by Gasteiger charge is -2.12. The van der Waals surface area contributed by atoms with Crippen molar-refractivity contribution in [2.75, 3.05) is 0 Å². The molecule has 1 unspecified atom stereocenters. The zero-order chi connectivity index (χ0) is 12.1. The van der Waals surface area contributed by atoms with Crippen LogP contribution in [-0.2, 0) is 14.8 Å². The van der Waals surface area contributed by atoms with Crippen molar-refractivity contribution in [2.24, 2.45) is 5.73 Å². The molecule has 6 heteroatoms. The van der Waals surface area contributed by atoms with E-state index in [1.807, 2.05) is 11.6 Å². The van der Waals surface area contributed by atoms with Crippen LogP contribution >= 0.6 is 0 Å². The fourth-order valence-corrected chi connectivity index (χ4v) is 1.67. The van der Waals surface area contributed by atoms with Gasteiger partial charge in [0.05, 0.1) is 5.25 Å². The van der Waals surface area contributed by atoms with Crippen molar-refractivity contribution >= 4 is 15.9 Å². The second-order valence-corrected chi connectivity index (χ2v) is 6.11. The highest BCUT2D eigenvalue weighted by molar-refractivity contribution is 7.90. The summed E-state index contributed by atoms with van der Waals surface area (Å²) in [7, 11) is -3.51. The molecule has 0 saturated heterocycles. The third-order valence-corrected chi connectivity index (χ3v) is 3.74. The highest BCUT2D eigenvalue weighted by atomic mass is 32.2. The highest BCUT2D eigenvalue weighted by Crippen LogP contribution is 2.01. The monoisotopic (exact) mass is 236 g/mol. The summed E-state index contributed by atoms with van der Waals surface area (Å²) in [4.78, 5) is 11.3. The second kappa shape index (κ2) is 6.07. The molecule has 0 aromatic carbocycles. The first-order chi connectivity index (χ1) is 6.79. The van der Waals surface area contributed by atoms with Crippen LogP contribution in [0.15, 0.2) is 0 Å². The van der Waals surface area contributed by atoms with Gasteiger partial charge in [0.2, 0.25) is 15.9 Å². The van der Waals surface area contributed by atoms with Crippen molar-refractivity contribution < 1.29 is 13.2 Å². The Balaban J connectivity index is 4.16. The summed E-state index contributed by atoms with van der Waals surface area (Å²) in [5, 5.41) is -0.608. The quantitative estimate of drug-likeness (QED) is 0.696. The van der Waals surface area contributed by atoms with Crippen LogP contribution in [0.5, 0.6) is 0 Å². The molecule has 0 aromatic heterocycles. The first-order valence-corrected chi connectivity index (χ1v) is 6.64. The normalized spacial score (nSPS) is 13.9. The van der Waals surface area contributed by atoms with E-state index < -0.39 is 21.2 Å². The van der Waals surface area contributed by atoms with Gasteiger partial charge in [-0.15, -0.1) is 0 Å². The van der Waals surface area contributed by atoms with E-state index in [9.17, 15) is 13.2 Å². The van der Waals surface area contributed by atoms with Crippen LogP contribution in [-0.4, -0.2) is 25.6 Å². The van der Waals surface area contributed by atoms with Crippen molar-refractivity contribution in [2.45, 2.75) is 51.3 Å². The van der Waals surface area contributed by atoms with Crippen LogP contribution < -0.4 is 10.5 Å². The van der Waals surface area contributed by atoms with Crippen LogP contribution in [0.25, 0.3) is 0 Å². The van der Waals surface area contributed by atoms with E-state index in [1.54, 1.807) is 0 Å². The topological polar surface area (TPSA) is 89.3 Å². The summed E-state index contributed by atoms with van der Waals surface area (Å²) >= 11 is 0. The Morgan fingerprint density at radius 2 is 1.93 bits per heavy atom. The Hall–Kier alpha value is -0.620. The maximum Gasteiger partial charge on any atom is 0.237 e. The molecular weight excluding hydrogens is 216 g/mol. The fourth-order valence-electron chi connectivity index (χ4n) is 1.03. The number of nitrogens with two attached hydrogens (primary N) is 1. The molecule has 90 valence electrons. The molecule has 3 N–H and O–H groups in total. The van der Waals surface area contributed by atoms with E-state index in [-0.39, 0.29) is 12.5 Å². The van der Waals surface area contributed by atoms with Crippen molar-refractivity contribution in [1.82, 2.24) is 4.72 Å². The molecule has 0 rings (SSSR count). The fraction of sp³-hybridized carbons (Fsp3) is 0.889. The smallest absolute Gasteiger partial charge is 0.237 e. The van der Waals surface area contributed by atoms with Crippen molar-refractivity contribution in [1.29, 1.82) is 0 Å². The molecule has 0 aliphatic rings. The van der Waals surface area contributed by atoms with E-state index in [0.717, 1.165) is 12.8 Å². The highest BCUT2D eigenvalue weighted by Gasteiger charge is 2.19. The first kappa shape index (κ1) is 14.4. The zero-order valence-electron chi connectivity index (χ0n) is 9.49. The van der Waals surface area contributed by atoms with Gasteiger partial charge >= 0.3 is 0 Å². The average Bonchev–Trinajstić information content (AvgIpc) is 2.02. The lowest BCUT2D eigenvalue weighted by Crippen LogP contribution is -2.38. The Kier molecular flexibility index (Phi) is 5.82. The van der Waals surface area contributed by atoms with Gasteiger partial charge in [0, 0.05) is 12.5 Å². The number of carbonyl (C=O) groups excluding carboxylic acids is 1. The minimum Gasteiger partial charge on any atom is -0.327 e. The zero-order valence-corrected chi connectivity index (χ0v) is 10.3. The number of sulfonamides is 1. The van der Waals surface area contributed by atoms with Gasteiger partial charge in [0.25, 0.3) is 0 Å². The van der Waals surface area contributed by atoms with Gasteiger partial charge in [-0.3, -0.25) is 9.52 Å². The van der Waals surface area contributed by atoms with Crippen LogP contribution in [0, 0.1) is 0 Å². The molecule has 0 fully saturated rings. The van der Waals surface area contributed by atoms with Crippen LogP contribution in [0.2, 0.25) is 0 Å². The van der Waals surface area contributed by atoms with E-state index in [0.29, 0.717) is 0 Å². The van der Waals surface area contributed by atoms with E-state index in [2.05, 4.69) is 0 Å². The summed E-state index contributed by atoms with van der Waals surface area (Å²) in [6, 6.07) is -0.266. The Labute approximate surface area is 91.5 Å². The SMILES string of the molecule is CCCC(N)CC(=O)NS(=O)(=O)C(C)C. The van der Waals surface area contributed by atoms with Gasteiger partial charge in [0.1, 0.15) is 0 Å². The Bertz CT molecular complexity index is 298. The molecule has 0 aliphatic carbocycles. The van der Waals surface area contributed by atoms with Crippen LogP contribution in [0.4, 0.5) is 0 Å². The minimum atomic E-state index is -3.51. The summed E-state index contributed by atoms with van der Waals surface area (Å²) in [5.74, 6) is -0.523. The van der Waals surface area contributed by atoms with Gasteiger partial charge < -0.3 is 5.73 Å². The average molecular weight is 236 g/mol. The largest absolute Gasteiger partial charge is 0.327 e. The van der Waals surface area contributed by atoms with Gasteiger partial charge in [-0.05, 0) is 20.3 Å². The van der Waals surface area contributed by atoms with Crippen molar-refractivity contribution in [3.05, 3.63) is 0 Å².